The summed E-state index contributed by atoms with van der Waals surface area (Å²) in [6, 6.07) is 2.98. The van der Waals surface area contributed by atoms with Gasteiger partial charge in [0.15, 0.2) is 0 Å². The molecule has 0 aliphatic heterocycles. The molecule has 21 heavy (non-hydrogen) atoms. The van der Waals surface area contributed by atoms with Crippen LogP contribution in [0, 0.1) is 10.1 Å². The number of fused-ring (bicyclic) bond motifs is 1. The third-order valence-electron chi connectivity index (χ3n) is 2.98. The largest absolute Gasteiger partial charge is 0.359 e. The number of nitrogens with zero attached hydrogens (tertiary/aromatic N) is 1. The zero-order valence-electron chi connectivity index (χ0n) is 11.2. The van der Waals surface area contributed by atoms with E-state index < -0.39 is 4.92 Å². The molecule has 2 aromatic rings. The topological polar surface area (TPSA) is 94.5 Å². The molecule has 2 rings (SSSR count). The lowest BCUT2D eigenvalue weighted by Crippen LogP contribution is -2.11. The first-order valence-electron chi connectivity index (χ1n) is 6.10. The van der Waals surface area contributed by atoms with Crippen LogP contribution in [-0.2, 0) is 15.9 Å². The van der Waals surface area contributed by atoms with Crippen molar-refractivity contribution in [2.24, 2.45) is 0 Å². The number of non-ortho nitro benzene ring substituents is 1. The number of pyridine rings is 1. The molecule has 0 spiro atoms. The van der Waals surface area contributed by atoms with Gasteiger partial charge < -0.3 is 14.5 Å². The number of nitrogens with one attached hydrogen (secondary N) is 1. The smallest absolute Gasteiger partial charge is 0.278 e. The summed E-state index contributed by atoms with van der Waals surface area (Å²) in [5.41, 5.74) is 0.220. The van der Waals surface area contributed by atoms with E-state index >= 15 is 0 Å². The van der Waals surface area contributed by atoms with E-state index in [0.717, 1.165) is 0 Å². The number of ether oxygens (including phenoxy) is 2. The van der Waals surface area contributed by atoms with Gasteiger partial charge in [0.2, 0.25) is 0 Å². The number of methoxy groups -OCH3 is 1. The SMILES string of the molecule is COCOCCc1ccc([N+](=O)[O-])c2c(Br)c[nH]c(=O)c12. The predicted octanol–water partition coefficient (Wildman–Crippen LogP) is 2.36. The van der Waals surface area contributed by atoms with Crippen LogP contribution in [0.3, 0.4) is 0 Å². The maximum absolute atomic E-state index is 12.1. The molecule has 1 N–H and O–H groups in total. The van der Waals surface area contributed by atoms with Gasteiger partial charge in [-0.05, 0) is 27.9 Å². The van der Waals surface area contributed by atoms with Crippen molar-refractivity contribution >= 4 is 32.4 Å². The summed E-state index contributed by atoms with van der Waals surface area (Å²) < 4.78 is 10.5. The molecule has 0 saturated carbocycles. The zero-order chi connectivity index (χ0) is 15.4. The highest BCUT2D eigenvalue weighted by Gasteiger charge is 2.19. The van der Waals surface area contributed by atoms with Crippen LogP contribution in [0.4, 0.5) is 5.69 Å². The number of hydrogen-bond acceptors (Lipinski definition) is 5. The van der Waals surface area contributed by atoms with Crippen LogP contribution in [0.15, 0.2) is 27.6 Å². The van der Waals surface area contributed by atoms with Crippen molar-refractivity contribution in [3.05, 3.63) is 48.8 Å². The van der Waals surface area contributed by atoms with Gasteiger partial charge >= 0.3 is 0 Å². The predicted molar refractivity (Wildman–Crippen MR) is 80.5 cm³/mol. The van der Waals surface area contributed by atoms with Gasteiger partial charge in [0, 0.05) is 23.8 Å². The summed E-state index contributed by atoms with van der Waals surface area (Å²) in [7, 11) is 1.52. The Morgan fingerprint density at radius 1 is 1.38 bits per heavy atom. The van der Waals surface area contributed by atoms with E-state index in [1.807, 2.05) is 0 Å². The lowest BCUT2D eigenvalue weighted by atomic mass is 10.0. The molecule has 7 nitrogen and oxygen atoms in total. The van der Waals surface area contributed by atoms with Crippen LogP contribution in [0.5, 0.6) is 0 Å². The lowest BCUT2D eigenvalue weighted by Gasteiger charge is -2.08. The standard InChI is InChI=1S/C13H13BrN2O5/c1-20-7-21-5-4-8-2-3-10(16(18)19)12-9(14)6-15-13(17)11(8)12/h2-3,6H,4-5,7H2,1H3,(H,15,17). The lowest BCUT2D eigenvalue weighted by molar-refractivity contribution is -0.383. The molecule has 8 heteroatoms. The normalized spacial score (nSPS) is 11.0. The fraction of sp³-hybridized carbons (Fsp3) is 0.308. The number of rotatable bonds is 6. The molecule has 0 bridgehead atoms. The first-order chi connectivity index (χ1) is 10.1. The first kappa shape index (κ1) is 15.6. The summed E-state index contributed by atoms with van der Waals surface area (Å²) in [6.45, 7) is 0.512. The quantitative estimate of drug-likeness (QED) is 0.371. The fourth-order valence-electron chi connectivity index (χ4n) is 2.09. The van der Waals surface area contributed by atoms with Gasteiger partial charge in [-0.3, -0.25) is 14.9 Å². The summed E-state index contributed by atoms with van der Waals surface area (Å²) in [5.74, 6) is 0. The zero-order valence-corrected chi connectivity index (χ0v) is 12.8. The Morgan fingerprint density at radius 2 is 2.14 bits per heavy atom. The number of benzene rings is 1. The maximum Gasteiger partial charge on any atom is 0.278 e. The Balaban J connectivity index is 2.53. The minimum atomic E-state index is -0.502. The van der Waals surface area contributed by atoms with Crippen molar-refractivity contribution in [1.29, 1.82) is 0 Å². The number of nitro groups is 1. The number of aromatic nitrogens is 1. The third-order valence-corrected chi connectivity index (χ3v) is 3.60. The van der Waals surface area contributed by atoms with Gasteiger partial charge in [0.1, 0.15) is 6.79 Å². The van der Waals surface area contributed by atoms with Crippen LogP contribution >= 0.6 is 15.9 Å². The summed E-state index contributed by atoms with van der Waals surface area (Å²) in [5, 5.41) is 11.7. The minimum Gasteiger partial charge on any atom is -0.359 e. The first-order valence-corrected chi connectivity index (χ1v) is 6.89. The second-order valence-corrected chi connectivity index (χ2v) is 5.14. The van der Waals surface area contributed by atoms with Crippen LogP contribution in [-0.4, -0.2) is 30.4 Å². The molecule has 0 fully saturated rings. The van der Waals surface area contributed by atoms with Gasteiger partial charge in [0.25, 0.3) is 11.2 Å². The molecule has 1 aromatic heterocycles. The van der Waals surface area contributed by atoms with E-state index in [1.165, 1.54) is 19.4 Å². The van der Waals surface area contributed by atoms with Gasteiger partial charge in [-0.2, -0.15) is 0 Å². The maximum atomic E-state index is 12.1. The number of H-pyrrole nitrogens is 1. The molecule has 0 saturated heterocycles. The van der Waals surface area contributed by atoms with Gasteiger partial charge in [-0.1, -0.05) is 6.07 Å². The van der Waals surface area contributed by atoms with Crippen molar-refractivity contribution in [2.45, 2.75) is 6.42 Å². The van der Waals surface area contributed by atoms with Crippen molar-refractivity contribution < 1.29 is 14.4 Å². The molecule has 0 unspecified atom stereocenters. The van der Waals surface area contributed by atoms with Crippen molar-refractivity contribution in [1.82, 2.24) is 4.98 Å². The fourth-order valence-corrected chi connectivity index (χ4v) is 2.61. The summed E-state index contributed by atoms with van der Waals surface area (Å²) >= 11 is 3.25. The van der Waals surface area contributed by atoms with E-state index in [2.05, 4.69) is 20.9 Å². The van der Waals surface area contributed by atoms with E-state index in [9.17, 15) is 14.9 Å². The molecule has 0 aliphatic rings. The van der Waals surface area contributed by atoms with E-state index in [0.29, 0.717) is 33.8 Å². The molecule has 0 radical (unpaired) electrons. The highest BCUT2D eigenvalue weighted by molar-refractivity contribution is 9.10. The van der Waals surface area contributed by atoms with E-state index in [1.54, 1.807) is 6.07 Å². The Hall–Kier alpha value is -1.77. The van der Waals surface area contributed by atoms with Gasteiger partial charge in [0.05, 0.1) is 22.3 Å². The average Bonchev–Trinajstić information content (AvgIpc) is 2.47. The molecule has 112 valence electrons. The number of hydrogen-bond donors (Lipinski definition) is 1. The van der Waals surface area contributed by atoms with Crippen LogP contribution < -0.4 is 5.56 Å². The molecular weight excluding hydrogens is 344 g/mol. The summed E-state index contributed by atoms with van der Waals surface area (Å²) in [6.07, 6.45) is 1.86. The number of halogens is 1. The molecular formula is C13H13BrN2O5. The monoisotopic (exact) mass is 356 g/mol. The Morgan fingerprint density at radius 3 is 2.81 bits per heavy atom. The van der Waals surface area contributed by atoms with Crippen LogP contribution in [0.1, 0.15) is 5.56 Å². The second-order valence-electron chi connectivity index (χ2n) is 4.28. The van der Waals surface area contributed by atoms with Crippen LogP contribution in [0.2, 0.25) is 0 Å². The molecule has 1 aromatic carbocycles. The average molecular weight is 357 g/mol. The van der Waals surface area contributed by atoms with Crippen molar-refractivity contribution in [3.8, 4) is 0 Å². The summed E-state index contributed by atoms with van der Waals surface area (Å²) in [4.78, 5) is 25.2. The minimum absolute atomic E-state index is 0.107. The molecule has 1 heterocycles. The third kappa shape index (κ3) is 3.29. The number of nitro benzene ring substituents is 1. The Bertz CT molecular complexity index is 728. The highest BCUT2D eigenvalue weighted by Crippen LogP contribution is 2.32. The molecule has 0 amide bonds. The van der Waals surface area contributed by atoms with E-state index in [-0.39, 0.29) is 18.0 Å². The number of aromatic amines is 1. The van der Waals surface area contributed by atoms with Crippen LogP contribution in [0.25, 0.3) is 10.8 Å². The van der Waals surface area contributed by atoms with Gasteiger partial charge in [-0.25, -0.2) is 0 Å². The van der Waals surface area contributed by atoms with Crippen molar-refractivity contribution in [3.63, 3.8) is 0 Å². The molecule has 0 aliphatic carbocycles. The molecule has 0 atom stereocenters. The Labute approximate surface area is 128 Å². The second kappa shape index (κ2) is 6.79. The van der Waals surface area contributed by atoms with Gasteiger partial charge in [-0.15, -0.1) is 0 Å². The van der Waals surface area contributed by atoms with E-state index in [4.69, 9.17) is 9.47 Å². The van der Waals surface area contributed by atoms with Crippen molar-refractivity contribution in [2.75, 3.05) is 20.5 Å². The highest BCUT2D eigenvalue weighted by atomic mass is 79.9. The Kier molecular flexibility index (Phi) is 5.05.